The second-order valence-corrected chi connectivity index (χ2v) is 4.61. The van der Waals surface area contributed by atoms with Gasteiger partial charge in [-0.25, -0.2) is 4.98 Å². The Hall–Kier alpha value is -0.530. The molecule has 18 heavy (non-hydrogen) atoms. The van der Waals surface area contributed by atoms with Gasteiger partial charge in [0.25, 0.3) is 0 Å². The third-order valence-corrected chi connectivity index (χ3v) is 3.08. The minimum atomic E-state index is 0.552. The molecule has 1 N–H and O–H groups in total. The van der Waals surface area contributed by atoms with Crippen LogP contribution in [0.1, 0.15) is 17.6 Å². The summed E-state index contributed by atoms with van der Waals surface area (Å²) in [4.78, 5) is 4.47. The van der Waals surface area contributed by atoms with E-state index in [1.54, 1.807) is 18.4 Å². The zero-order chi connectivity index (χ0) is 13.1. The SMILES string of the molecule is CCNCc1nc(COCCOCCOC)cs1. The summed E-state index contributed by atoms with van der Waals surface area (Å²) < 4.78 is 15.6. The highest BCUT2D eigenvalue weighted by Crippen LogP contribution is 2.10. The standard InChI is InChI=1S/C12H22N2O3S/c1-3-13-8-12-14-11(10-18-12)9-17-7-6-16-5-4-15-2/h10,13H,3-9H2,1-2H3. The highest BCUT2D eigenvalue weighted by molar-refractivity contribution is 7.09. The largest absolute Gasteiger partial charge is 0.382 e. The van der Waals surface area contributed by atoms with Crippen LogP contribution in [0.25, 0.3) is 0 Å². The normalized spacial score (nSPS) is 11.0. The molecule has 104 valence electrons. The monoisotopic (exact) mass is 274 g/mol. The summed E-state index contributed by atoms with van der Waals surface area (Å²) in [5.74, 6) is 0. The molecule has 0 saturated carbocycles. The van der Waals surface area contributed by atoms with Crippen molar-refractivity contribution in [3.05, 3.63) is 16.1 Å². The van der Waals surface area contributed by atoms with Gasteiger partial charge in [-0.2, -0.15) is 0 Å². The van der Waals surface area contributed by atoms with E-state index in [1.807, 2.05) is 5.38 Å². The summed E-state index contributed by atoms with van der Waals surface area (Å²) >= 11 is 1.66. The van der Waals surface area contributed by atoms with Crippen LogP contribution in [0, 0.1) is 0 Å². The molecule has 0 aromatic carbocycles. The lowest BCUT2D eigenvalue weighted by atomic mass is 10.5. The van der Waals surface area contributed by atoms with Crippen LogP contribution in [0.5, 0.6) is 0 Å². The molecule has 0 saturated heterocycles. The first-order valence-electron chi connectivity index (χ1n) is 6.15. The van der Waals surface area contributed by atoms with E-state index in [2.05, 4.69) is 17.2 Å². The molecule has 0 atom stereocenters. The van der Waals surface area contributed by atoms with Crippen molar-refractivity contribution in [1.82, 2.24) is 10.3 Å². The zero-order valence-corrected chi connectivity index (χ0v) is 11.9. The minimum absolute atomic E-state index is 0.552. The minimum Gasteiger partial charge on any atom is -0.382 e. The molecule has 5 nitrogen and oxygen atoms in total. The first-order chi connectivity index (χ1) is 8.86. The Balaban J connectivity index is 2.03. The number of nitrogens with one attached hydrogen (secondary N) is 1. The predicted octanol–water partition coefficient (Wildman–Crippen LogP) is 1.43. The van der Waals surface area contributed by atoms with Crippen molar-refractivity contribution in [2.45, 2.75) is 20.1 Å². The number of nitrogens with zero attached hydrogens (tertiary/aromatic N) is 1. The van der Waals surface area contributed by atoms with E-state index >= 15 is 0 Å². The Morgan fingerprint density at radius 2 is 2.00 bits per heavy atom. The van der Waals surface area contributed by atoms with Crippen LogP contribution in [-0.2, 0) is 27.4 Å². The second-order valence-electron chi connectivity index (χ2n) is 3.67. The van der Waals surface area contributed by atoms with E-state index < -0.39 is 0 Å². The third kappa shape index (κ3) is 7.03. The Morgan fingerprint density at radius 1 is 1.22 bits per heavy atom. The molecular formula is C12H22N2O3S. The average molecular weight is 274 g/mol. The van der Waals surface area contributed by atoms with Crippen LogP contribution >= 0.6 is 11.3 Å². The lowest BCUT2D eigenvalue weighted by Gasteiger charge is -2.04. The van der Waals surface area contributed by atoms with Crippen molar-refractivity contribution in [3.8, 4) is 0 Å². The summed E-state index contributed by atoms with van der Waals surface area (Å²) in [6, 6.07) is 0. The maximum Gasteiger partial charge on any atom is 0.107 e. The number of methoxy groups -OCH3 is 1. The Labute approximate surface area is 112 Å². The van der Waals surface area contributed by atoms with Crippen LogP contribution in [0.3, 0.4) is 0 Å². The molecule has 1 heterocycles. The van der Waals surface area contributed by atoms with Crippen LogP contribution in [0.4, 0.5) is 0 Å². The quantitative estimate of drug-likeness (QED) is 0.619. The predicted molar refractivity (Wildman–Crippen MR) is 71.8 cm³/mol. The summed E-state index contributed by atoms with van der Waals surface area (Å²) in [5.41, 5.74) is 0.991. The summed E-state index contributed by atoms with van der Waals surface area (Å²) in [6.07, 6.45) is 0. The maximum absolute atomic E-state index is 5.48. The van der Waals surface area contributed by atoms with Crippen molar-refractivity contribution < 1.29 is 14.2 Å². The van der Waals surface area contributed by atoms with Crippen molar-refractivity contribution in [1.29, 1.82) is 0 Å². The summed E-state index contributed by atoms with van der Waals surface area (Å²) in [5, 5.41) is 6.39. The van der Waals surface area contributed by atoms with E-state index in [1.165, 1.54) is 0 Å². The van der Waals surface area contributed by atoms with Gasteiger partial charge in [-0.15, -0.1) is 11.3 Å². The Morgan fingerprint density at radius 3 is 2.78 bits per heavy atom. The highest BCUT2D eigenvalue weighted by atomic mass is 32.1. The molecule has 0 fully saturated rings. The molecule has 1 aromatic rings. The van der Waals surface area contributed by atoms with Gasteiger partial charge in [-0.1, -0.05) is 6.92 Å². The van der Waals surface area contributed by atoms with E-state index in [0.717, 1.165) is 23.8 Å². The number of ether oxygens (including phenoxy) is 3. The lowest BCUT2D eigenvalue weighted by molar-refractivity contribution is 0.0193. The van der Waals surface area contributed by atoms with E-state index in [9.17, 15) is 0 Å². The number of aromatic nitrogens is 1. The average Bonchev–Trinajstić information content (AvgIpc) is 2.83. The van der Waals surface area contributed by atoms with Gasteiger partial charge in [-0.05, 0) is 6.54 Å². The summed E-state index contributed by atoms with van der Waals surface area (Å²) in [7, 11) is 1.66. The van der Waals surface area contributed by atoms with Crippen LogP contribution in [0.2, 0.25) is 0 Å². The van der Waals surface area contributed by atoms with Gasteiger partial charge in [0.1, 0.15) is 5.01 Å². The van der Waals surface area contributed by atoms with Gasteiger partial charge in [0, 0.05) is 19.0 Å². The number of thiazole rings is 1. The topological polar surface area (TPSA) is 52.6 Å². The Bertz CT molecular complexity index is 307. The van der Waals surface area contributed by atoms with Gasteiger partial charge in [0.15, 0.2) is 0 Å². The van der Waals surface area contributed by atoms with Gasteiger partial charge in [-0.3, -0.25) is 0 Å². The van der Waals surface area contributed by atoms with Gasteiger partial charge >= 0.3 is 0 Å². The third-order valence-electron chi connectivity index (χ3n) is 2.18. The molecular weight excluding hydrogens is 252 g/mol. The first-order valence-corrected chi connectivity index (χ1v) is 7.03. The smallest absolute Gasteiger partial charge is 0.107 e. The fourth-order valence-electron chi connectivity index (χ4n) is 1.27. The van der Waals surface area contributed by atoms with Crippen molar-refractivity contribution in [3.63, 3.8) is 0 Å². The highest BCUT2D eigenvalue weighted by Gasteiger charge is 2.01. The summed E-state index contributed by atoms with van der Waals surface area (Å²) in [6.45, 7) is 6.85. The number of hydrogen-bond donors (Lipinski definition) is 1. The molecule has 1 rings (SSSR count). The molecule has 0 radical (unpaired) electrons. The molecule has 0 unspecified atom stereocenters. The number of hydrogen-bond acceptors (Lipinski definition) is 6. The van der Waals surface area contributed by atoms with E-state index in [0.29, 0.717) is 33.0 Å². The fraction of sp³-hybridized carbons (Fsp3) is 0.750. The number of rotatable bonds is 11. The van der Waals surface area contributed by atoms with Crippen LogP contribution in [0.15, 0.2) is 5.38 Å². The van der Waals surface area contributed by atoms with Crippen molar-refractivity contribution in [2.75, 3.05) is 40.1 Å². The van der Waals surface area contributed by atoms with Crippen LogP contribution < -0.4 is 5.32 Å². The molecule has 0 aliphatic heterocycles. The molecule has 1 aromatic heterocycles. The molecule has 6 heteroatoms. The van der Waals surface area contributed by atoms with Gasteiger partial charge in [0.2, 0.25) is 0 Å². The fourth-order valence-corrected chi connectivity index (χ4v) is 2.02. The van der Waals surface area contributed by atoms with E-state index in [4.69, 9.17) is 14.2 Å². The molecule has 0 aliphatic rings. The van der Waals surface area contributed by atoms with Crippen molar-refractivity contribution >= 4 is 11.3 Å². The zero-order valence-electron chi connectivity index (χ0n) is 11.1. The molecule has 0 aliphatic carbocycles. The molecule has 0 spiro atoms. The van der Waals surface area contributed by atoms with Gasteiger partial charge in [0.05, 0.1) is 38.7 Å². The molecule has 0 amide bonds. The second kappa shape index (κ2) is 10.4. The van der Waals surface area contributed by atoms with E-state index in [-0.39, 0.29) is 0 Å². The van der Waals surface area contributed by atoms with Crippen molar-refractivity contribution in [2.24, 2.45) is 0 Å². The van der Waals surface area contributed by atoms with Crippen LogP contribution in [-0.4, -0.2) is 45.1 Å². The Kier molecular flexibility index (Phi) is 8.97. The maximum atomic E-state index is 5.48. The lowest BCUT2D eigenvalue weighted by Crippen LogP contribution is -2.11. The first kappa shape index (κ1) is 15.5. The molecule has 0 bridgehead atoms. The van der Waals surface area contributed by atoms with Gasteiger partial charge < -0.3 is 19.5 Å².